The van der Waals surface area contributed by atoms with Crippen molar-refractivity contribution in [3.63, 3.8) is 0 Å². The van der Waals surface area contributed by atoms with E-state index in [1.165, 1.54) is 0 Å². The predicted octanol–water partition coefficient (Wildman–Crippen LogP) is 2.84. The lowest BCUT2D eigenvalue weighted by molar-refractivity contribution is 0.207. The van der Waals surface area contributed by atoms with Crippen molar-refractivity contribution in [2.24, 2.45) is 5.16 Å². The molecule has 116 valence electrons. The minimum absolute atomic E-state index is 0.687. The molecule has 0 spiro atoms. The molecule has 5 heteroatoms. The van der Waals surface area contributed by atoms with Gasteiger partial charge in [-0.15, -0.1) is 0 Å². The van der Waals surface area contributed by atoms with Crippen LogP contribution in [0.25, 0.3) is 0 Å². The second-order valence-corrected chi connectivity index (χ2v) is 5.00. The largest absolute Gasteiger partial charge is 0.496 e. The van der Waals surface area contributed by atoms with Gasteiger partial charge in [-0.2, -0.15) is 0 Å². The van der Waals surface area contributed by atoms with Crippen molar-refractivity contribution < 1.29 is 9.57 Å². The Balaban J connectivity index is 2.28. The van der Waals surface area contributed by atoms with Crippen LogP contribution in [-0.2, 0) is 11.4 Å². The second-order valence-electron chi connectivity index (χ2n) is 5.00. The van der Waals surface area contributed by atoms with Crippen LogP contribution >= 0.6 is 0 Å². The number of methoxy groups -OCH3 is 1. The van der Waals surface area contributed by atoms with Gasteiger partial charge in [0.05, 0.1) is 7.11 Å². The fraction of sp³-hybridized carbons (Fsp3) is 0.294. The van der Waals surface area contributed by atoms with Gasteiger partial charge in [0.25, 0.3) is 0 Å². The summed E-state index contributed by atoms with van der Waals surface area (Å²) in [5.41, 5.74) is 3.13. The smallest absolute Gasteiger partial charge is 0.175 e. The lowest BCUT2D eigenvalue weighted by Gasteiger charge is -2.21. The maximum absolute atomic E-state index is 5.39. The molecule has 0 unspecified atom stereocenters. The highest BCUT2D eigenvalue weighted by Gasteiger charge is 2.13. The normalized spacial score (nSPS) is 11.2. The fourth-order valence-electron chi connectivity index (χ4n) is 2.23. The topological polar surface area (TPSA) is 47.0 Å². The van der Waals surface area contributed by atoms with Crippen molar-refractivity contribution in [3.8, 4) is 5.75 Å². The quantitative estimate of drug-likeness (QED) is 0.484. The van der Waals surface area contributed by atoms with Gasteiger partial charge in [0.15, 0.2) is 5.84 Å². The number of hydrogen-bond donors (Lipinski definition) is 0. The molecule has 0 bridgehead atoms. The third-order valence-electron chi connectivity index (χ3n) is 3.35. The van der Waals surface area contributed by atoms with Gasteiger partial charge in [-0.25, -0.2) is 0 Å². The molecule has 0 saturated heterocycles. The first-order valence-electron chi connectivity index (χ1n) is 7.02. The summed E-state index contributed by atoms with van der Waals surface area (Å²) >= 11 is 0. The van der Waals surface area contributed by atoms with Crippen molar-refractivity contribution >= 4 is 5.84 Å². The van der Waals surface area contributed by atoms with Crippen LogP contribution in [0.1, 0.15) is 16.7 Å². The van der Waals surface area contributed by atoms with E-state index in [9.17, 15) is 0 Å². The van der Waals surface area contributed by atoms with Gasteiger partial charge < -0.3 is 14.5 Å². The minimum atomic E-state index is 0.687. The third-order valence-corrected chi connectivity index (χ3v) is 3.35. The number of aromatic nitrogens is 1. The zero-order chi connectivity index (χ0) is 15.9. The van der Waals surface area contributed by atoms with Crippen LogP contribution in [0, 0.1) is 6.92 Å². The zero-order valence-electron chi connectivity index (χ0n) is 13.4. The van der Waals surface area contributed by atoms with Crippen molar-refractivity contribution in [2.45, 2.75) is 13.5 Å². The summed E-state index contributed by atoms with van der Waals surface area (Å²) in [5, 5.41) is 4.16. The van der Waals surface area contributed by atoms with Crippen molar-refractivity contribution in [1.82, 2.24) is 9.88 Å². The number of benzene rings is 1. The van der Waals surface area contributed by atoms with E-state index in [2.05, 4.69) is 10.1 Å². The molecule has 1 aromatic heterocycles. The lowest BCUT2D eigenvalue weighted by Crippen LogP contribution is -2.27. The summed E-state index contributed by atoms with van der Waals surface area (Å²) in [7, 11) is 5.18. The van der Waals surface area contributed by atoms with E-state index in [1.54, 1.807) is 20.4 Å². The van der Waals surface area contributed by atoms with E-state index in [4.69, 9.17) is 9.57 Å². The molecule has 0 N–H and O–H groups in total. The first kappa shape index (κ1) is 15.8. The molecule has 0 aliphatic carbocycles. The lowest BCUT2D eigenvalue weighted by atomic mass is 10.1. The van der Waals surface area contributed by atoms with Crippen molar-refractivity contribution in [2.75, 3.05) is 21.3 Å². The summed E-state index contributed by atoms with van der Waals surface area (Å²) in [4.78, 5) is 11.2. The number of nitrogens with zero attached hydrogens (tertiary/aromatic N) is 3. The first-order chi connectivity index (χ1) is 10.7. The van der Waals surface area contributed by atoms with Gasteiger partial charge in [-0.1, -0.05) is 23.4 Å². The molecular formula is C17H21N3O2. The molecule has 22 heavy (non-hydrogen) atoms. The Morgan fingerprint density at radius 2 is 2.09 bits per heavy atom. The monoisotopic (exact) mass is 299 g/mol. The third kappa shape index (κ3) is 3.75. The van der Waals surface area contributed by atoms with Crippen LogP contribution in [0.15, 0.2) is 47.9 Å². The minimum Gasteiger partial charge on any atom is -0.496 e. The molecule has 0 radical (unpaired) electrons. The number of rotatable bonds is 5. The van der Waals surface area contributed by atoms with E-state index in [0.717, 1.165) is 28.3 Å². The molecular weight excluding hydrogens is 278 g/mol. The number of ether oxygens (including phenoxy) is 1. The van der Waals surface area contributed by atoms with Crippen LogP contribution in [0.5, 0.6) is 5.75 Å². The summed E-state index contributed by atoms with van der Waals surface area (Å²) in [6.45, 7) is 2.70. The van der Waals surface area contributed by atoms with Crippen molar-refractivity contribution in [3.05, 3.63) is 59.4 Å². The maximum atomic E-state index is 5.39. The Morgan fingerprint density at radius 1 is 1.27 bits per heavy atom. The van der Waals surface area contributed by atoms with Crippen LogP contribution in [0.3, 0.4) is 0 Å². The number of hydrogen-bond acceptors (Lipinski definition) is 4. The van der Waals surface area contributed by atoms with Crippen LogP contribution in [-0.4, -0.2) is 37.0 Å². The number of aryl methyl sites for hydroxylation is 1. The Hall–Kier alpha value is -2.56. The van der Waals surface area contributed by atoms with Crippen LogP contribution in [0.4, 0.5) is 0 Å². The van der Waals surface area contributed by atoms with Gasteiger partial charge in [0, 0.05) is 31.5 Å². The zero-order valence-corrected chi connectivity index (χ0v) is 13.4. The summed E-state index contributed by atoms with van der Waals surface area (Å²) in [6, 6.07) is 9.94. The molecule has 2 rings (SSSR count). The molecule has 2 aromatic rings. The maximum Gasteiger partial charge on any atom is 0.175 e. The van der Waals surface area contributed by atoms with Crippen LogP contribution in [0.2, 0.25) is 0 Å². The highest BCUT2D eigenvalue weighted by molar-refractivity contribution is 5.98. The summed E-state index contributed by atoms with van der Waals surface area (Å²) in [5.74, 6) is 1.57. The molecule has 0 fully saturated rings. The van der Waals surface area contributed by atoms with E-state index in [1.807, 2.05) is 55.4 Å². The van der Waals surface area contributed by atoms with Gasteiger partial charge in [-0.3, -0.25) is 4.98 Å². The van der Waals surface area contributed by atoms with Crippen LogP contribution < -0.4 is 4.74 Å². The fourth-order valence-corrected chi connectivity index (χ4v) is 2.23. The van der Waals surface area contributed by atoms with E-state index < -0.39 is 0 Å². The summed E-state index contributed by atoms with van der Waals surface area (Å²) < 4.78 is 5.39. The van der Waals surface area contributed by atoms with E-state index >= 15 is 0 Å². The standard InChI is InChI=1S/C17H21N3O2/c1-13-7-8-15(10-16(13)21-3)17(19-22-4)20(2)12-14-6-5-9-18-11-14/h5-11H,12H2,1-4H3/b19-17-. The van der Waals surface area contributed by atoms with E-state index in [0.29, 0.717) is 6.54 Å². The summed E-state index contributed by atoms with van der Waals surface area (Å²) in [6.07, 6.45) is 3.61. The van der Waals surface area contributed by atoms with Gasteiger partial charge in [-0.05, 0) is 30.2 Å². The molecule has 0 aliphatic rings. The molecule has 0 aliphatic heterocycles. The molecule has 5 nitrogen and oxygen atoms in total. The number of amidine groups is 1. The number of pyridine rings is 1. The molecule has 0 amide bonds. The highest BCUT2D eigenvalue weighted by Crippen LogP contribution is 2.20. The van der Waals surface area contributed by atoms with E-state index in [-0.39, 0.29) is 0 Å². The Bertz CT molecular complexity index is 642. The molecule has 1 heterocycles. The van der Waals surface area contributed by atoms with Gasteiger partial charge >= 0.3 is 0 Å². The Morgan fingerprint density at radius 3 is 2.73 bits per heavy atom. The Labute approximate surface area is 131 Å². The van der Waals surface area contributed by atoms with Gasteiger partial charge in [0.1, 0.15) is 12.9 Å². The molecule has 0 atom stereocenters. The average molecular weight is 299 g/mol. The molecule has 0 saturated carbocycles. The SMILES string of the molecule is CO/N=C(/c1ccc(C)c(OC)c1)N(C)Cc1cccnc1. The van der Waals surface area contributed by atoms with Crippen molar-refractivity contribution in [1.29, 1.82) is 0 Å². The Kier molecular flexibility index (Phi) is 5.36. The van der Waals surface area contributed by atoms with Gasteiger partial charge in [0.2, 0.25) is 0 Å². The number of oxime groups is 1. The highest BCUT2D eigenvalue weighted by atomic mass is 16.6. The second kappa shape index (κ2) is 7.45. The predicted molar refractivity (Wildman–Crippen MR) is 87.0 cm³/mol. The molecule has 1 aromatic carbocycles. The first-order valence-corrected chi connectivity index (χ1v) is 7.02. The average Bonchev–Trinajstić information content (AvgIpc) is 2.54.